The summed E-state index contributed by atoms with van der Waals surface area (Å²) in [4.78, 5) is 13.3. The van der Waals surface area contributed by atoms with E-state index in [4.69, 9.17) is 44.6 Å². The number of nitrogens with one attached hydrogen (secondary N) is 1. The van der Waals surface area contributed by atoms with E-state index in [9.17, 15) is 4.79 Å². The van der Waals surface area contributed by atoms with Crippen LogP contribution in [0.2, 0.25) is 15.1 Å². The normalized spacial score (nSPS) is 15.5. The van der Waals surface area contributed by atoms with Crippen molar-refractivity contribution in [2.24, 2.45) is 0 Å². The molecule has 174 valence electrons. The number of benzene rings is 2. The molecule has 1 saturated heterocycles. The average molecular weight is 528 g/mol. The molecule has 1 amide bonds. The maximum atomic E-state index is 13.3. The molecule has 2 aromatic carbocycles. The summed E-state index contributed by atoms with van der Waals surface area (Å²) in [5.41, 5.74) is 6.14. The van der Waals surface area contributed by atoms with Gasteiger partial charge in [-0.2, -0.15) is 5.10 Å². The van der Waals surface area contributed by atoms with E-state index in [-0.39, 0.29) is 24.9 Å². The van der Waals surface area contributed by atoms with Gasteiger partial charge in [-0.25, -0.2) is 9.69 Å². The molecule has 1 fully saturated rings. The standard InChI is InChI=1S/C23H21Cl3N4O2.ClH/c24-14-8-9-19(18(26)12-14)30-21-15-6-5-7-17(25)22(15)32-13-16(21)20(27-30)23(31)28-29-10-3-1-2-4-11-29;/h5-9,12H,1-4,10-11,13H2,(H,28,31);1H. The first-order chi connectivity index (χ1) is 15.5. The van der Waals surface area contributed by atoms with Crippen LogP contribution in [-0.4, -0.2) is 33.8 Å². The Labute approximate surface area is 213 Å². The first kappa shape index (κ1) is 24.2. The number of hydrogen-bond acceptors (Lipinski definition) is 4. The minimum Gasteiger partial charge on any atom is -0.486 e. The second-order valence-corrected chi connectivity index (χ2v) is 9.18. The molecule has 2 aliphatic heterocycles. The van der Waals surface area contributed by atoms with Gasteiger partial charge < -0.3 is 4.74 Å². The van der Waals surface area contributed by atoms with Crippen LogP contribution in [0.1, 0.15) is 41.7 Å². The topological polar surface area (TPSA) is 59.4 Å². The van der Waals surface area contributed by atoms with E-state index in [0.717, 1.165) is 37.2 Å². The predicted molar refractivity (Wildman–Crippen MR) is 133 cm³/mol. The Kier molecular flexibility index (Phi) is 7.41. The number of para-hydroxylation sites is 1. The number of carbonyl (C=O) groups excluding carboxylic acids is 1. The summed E-state index contributed by atoms with van der Waals surface area (Å²) in [7, 11) is 0. The first-order valence-electron chi connectivity index (χ1n) is 10.6. The molecule has 0 spiro atoms. The van der Waals surface area contributed by atoms with Crippen LogP contribution in [0.4, 0.5) is 0 Å². The van der Waals surface area contributed by atoms with Gasteiger partial charge in [0.05, 0.1) is 21.4 Å². The third-order valence-electron chi connectivity index (χ3n) is 5.79. The highest BCUT2D eigenvalue weighted by molar-refractivity contribution is 6.35. The minimum atomic E-state index is -0.263. The van der Waals surface area contributed by atoms with Crippen LogP contribution in [-0.2, 0) is 6.61 Å². The molecule has 0 unspecified atom stereocenters. The number of ether oxygens (including phenoxy) is 1. The molecular formula is C23H22Cl4N4O2. The quantitative estimate of drug-likeness (QED) is 0.432. The van der Waals surface area contributed by atoms with E-state index >= 15 is 0 Å². The van der Waals surface area contributed by atoms with E-state index in [1.807, 2.05) is 17.1 Å². The number of rotatable bonds is 3. The molecule has 1 aromatic heterocycles. The van der Waals surface area contributed by atoms with Gasteiger partial charge in [0.2, 0.25) is 0 Å². The van der Waals surface area contributed by atoms with E-state index in [2.05, 4.69) is 5.43 Å². The van der Waals surface area contributed by atoms with Gasteiger partial charge in [0.15, 0.2) is 5.69 Å². The van der Waals surface area contributed by atoms with Crippen LogP contribution < -0.4 is 10.2 Å². The summed E-state index contributed by atoms with van der Waals surface area (Å²) in [5, 5.41) is 8.12. The van der Waals surface area contributed by atoms with Crippen molar-refractivity contribution in [3.8, 4) is 22.7 Å². The lowest BCUT2D eigenvalue weighted by molar-refractivity contribution is 0.0786. The molecule has 0 bridgehead atoms. The van der Waals surface area contributed by atoms with Crippen LogP contribution in [0.15, 0.2) is 36.4 Å². The van der Waals surface area contributed by atoms with Crippen LogP contribution in [0.3, 0.4) is 0 Å². The summed E-state index contributed by atoms with van der Waals surface area (Å²) in [5.74, 6) is 0.299. The van der Waals surface area contributed by atoms with Gasteiger partial charge in [-0.1, -0.05) is 53.7 Å². The number of amides is 1. The predicted octanol–water partition coefficient (Wildman–Crippen LogP) is 6.33. The van der Waals surface area contributed by atoms with Gasteiger partial charge in [-0.3, -0.25) is 10.2 Å². The fraction of sp³-hybridized carbons (Fsp3) is 0.304. The minimum absolute atomic E-state index is 0. The number of hydrazine groups is 1. The van der Waals surface area contributed by atoms with Gasteiger partial charge in [-0.15, -0.1) is 12.4 Å². The fourth-order valence-electron chi connectivity index (χ4n) is 4.24. The molecule has 10 heteroatoms. The molecule has 1 N–H and O–H groups in total. The number of halogens is 4. The van der Waals surface area contributed by atoms with Crippen LogP contribution in [0.5, 0.6) is 5.75 Å². The lowest BCUT2D eigenvalue weighted by Gasteiger charge is -2.22. The van der Waals surface area contributed by atoms with Crippen LogP contribution in [0.25, 0.3) is 16.9 Å². The van der Waals surface area contributed by atoms with Crippen molar-refractivity contribution in [3.63, 3.8) is 0 Å². The van der Waals surface area contributed by atoms with Gasteiger partial charge >= 0.3 is 0 Å². The number of aromatic nitrogens is 2. The van der Waals surface area contributed by atoms with E-state index in [0.29, 0.717) is 37.8 Å². The zero-order chi connectivity index (χ0) is 22.2. The molecular weight excluding hydrogens is 506 g/mol. The maximum Gasteiger partial charge on any atom is 0.286 e. The number of carbonyl (C=O) groups is 1. The molecule has 33 heavy (non-hydrogen) atoms. The van der Waals surface area contributed by atoms with Crippen molar-refractivity contribution in [2.75, 3.05) is 13.1 Å². The molecule has 0 aliphatic carbocycles. The molecule has 3 aromatic rings. The van der Waals surface area contributed by atoms with Crippen molar-refractivity contribution in [2.45, 2.75) is 32.3 Å². The smallest absolute Gasteiger partial charge is 0.286 e. The highest BCUT2D eigenvalue weighted by atomic mass is 35.5. The monoisotopic (exact) mass is 526 g/mol. The maximum absolute atomic E-state index is 13.3. The number of fused-ring (bicyclic) bond motifs is 3. The number of nitrogens with zero attached hydrogens (tertiary/aromatic N) is 3. The van der Waals surface area contributed by atoms with Crippen molar-refractivity contribution in [1.82, 2.24) is 20.2 Å². The Hall–Kier alpha value is -1.96. The lowest BCUT2D eigenvalue weighted by Crippen LogP contribution is -2.43. The van der Waals surface area contributed by atoms with Crippen molar-refractivity contribution in [1.29, 1.82) is 0 Å². The molecule has 5 rings (SSSR count). The van der Waals surface area contributed by atoms with Crippen LogP contribution >= 0.6 is 47.2 Å². The highest BCUT2D eigenvalue weighted by Gasteiger charge is 2.32. The Morgan fingerprint density at radius 3 is 2.48 bits per heavy atom. The third kappa shape index (κ3) is 4.68. The summed E-state index contributed by atoms with van der Waals surface area (Å²) in [6.07, 6.45) is 4.47. The lowest BCUT2D eigenvalue weighted by atomic mass is 10.0. The van der Waals surface area contributed by atoms with Crippen molar-refractivity contribution < 1.29 is 9.53 Å². The molecule has 3 heterocycles. The van der Waals surface area contributed by atoms with Crippen LogP contribution in [0, 0.1) is 0 Å². The Morgan fingerprint density at radius 1 is 1.00 bits per heavy atom. The SMILES string of the molecule is Cl.O=C(NN1CCCCCC1)c1nn(-c2ccc(Cl)cc2Cl)c2c1COc1c(Cl)cccc1-2. The Bertz CT molecular complexity index is 1190. The van der Waals surface area contributed by atoms with E-state index in [1.54, 1.807) is 28.9 Å². The highest BCUT2D eigenvalue weighted by Crippen LogP contribution is 2.44. The van der Waals surface area contributed by atoms with E-state index < -0.39 is 0 Å². The van der Waals surface area contributed by atoms with E-state index in [1.165, 1.54) is 12.8 Å². The molecule has 0 atom stereocenters. The van der Waals surface area contributed by atoms with Crippen molar-refractivity contribution >= 4 is 53.1 Å². The summed E-state index contributed by atoms with van der Waals surface area (Å²) in [6.45, 7) is 1.83. The summed E-state index contributed by atoms with van der Waals surface area (Å²) >= 11 is 19.0. The van der Waals surface area contributed by atoms with Gasteiger partial charge in [0, 0.05) is 29.2 Å². The fourth-order valence-corrected chi connectivity index (χ4v) is 4.96. The molecule has 0 saturated carbocycles. The summed E-state index contributed by atoms with van der Waals surface area (Å²) in [6, 6.07) is 10.7. The second-order valence-electron chi connectivity index (χ2n) is 7.93. The molecule has 0 radical (unpaired) electrons. The van der Waals surface area contributed by atoms with Gasteiger partial charge in [-0.05, 0) is 43.2 Å². The number of hydrogen-bond donors (Lipinski definition) is 1. The second kappa shape index (κ2) is 10.1. The first-order valence-corrected chi connectivity index (χ1v) is 11.7. The summed E-state index contributed by atoms with van der Waals surface area (Å²) < 4.78 is 7.63. The molecule has 6 nitrogen and oxygen atoms in total. The van der Waals surface area contributed by atoms with Gasteiger partial charge in [0.25, 0.3) is 5.91 Å². The van der Waals surface area contributed by atoms with Crippen molar-refractivity contribution in [3.05, 3.63) is 62.7 Å². The van der Waals surface area contributed by atoms with Gasteiger partial charge in [0.1, 0.15) is 12.4 Å². The Balaban J connectivity index is 0.00000259. The zero-order valence-corrected chi connectivity index (χ0v) is 20.7. The third-order valence-corrected chi connectivity index (χ3v) is 6.62. The molecule has 2 aliphatic rings. The largest absolute Gasteiger partial charge is 0.486 e. The average Bonchev–Trinajstić information content (AvgIpc) is 2.97. The zero-order valence-electron chi connectivity index (χ0n) is 17.6. The Morgan fingerprint density at radius 2 is 1.76 bits per heavy atom.